The fraction of sp³-hybridized carbons (Fsp3) is 0.375. The Hall–Kier alpha value is -2.14. The summed E-state index contributed by atoms with van der Waals surface area (Å²) in [6.07, 6.45) is 0. The third-order valence-electron chi connectivity index (χ3n) is 3.70. The monoisotopic (exact) mass is 285 g/mol. The zero-order chi connectivity index (χ0) is 15.0. The molecule has 2 heterocycles. The molecule has 5 heteroatoms. The fourth-order valence-electron chi connectivity index (χ4n) is 2.69. The van der Waals surface area contributed by atoms with E-state index < -0.39 is 0 Å². The molecule has 0 unspecified atom stereocenters. The van der Waals surface area contributed by atoms with E-state index in [9.17, 15) is 4.79 Å². The predicted molar refractivity (Wildman–Crippen MR) is 82.1 cm³/mol. The van der Waals surface area contributed by atoms with Crippen molar-refractivity contribution in [3.8, 4) is 0 Å². The molecule has 1 amide bonds. The molecule has 1 aliphatic heterocycles. The molecule has 5 nitrogen and oxygen atoms in total. The quantitative estimate of drug-likeness (QED) is 0.871. The molecule has 1 fully saturated rings. The molecule has 1 aromatic heterocycles. The Morgan fingerprint density at radius 1 is 1.38 bits per heavy atom. The standard InChI is InChI=1S/C16H19N3O2/c1-16(2)10-19(7-8-21-16)15(20)13-9-11-5-3-4-6-12(11)14(17)18-13/h3-6,9H,7-8,10H2,1-2H3,(H2,17,18). The van der Waals surface area contributed by atoms with Gasteiger partial charge in [-0.2, -0.15) is 0 Å². The van der Waals surface area contributed by atoms with E-state index in [1.807, 2.05) is 38.1 Å². The lowest BCUT2D eigenvalue weighted by Crippen LogP contribution is -2.50. The van der Waals surface area contributed by atoms with Crippen molar-refractivity contribution in [3.05, 3.63) is 36.0 Å². The van der Waals surface area contributed by atoms with Crippen molar-refractivity contribution in [2.45, 2.75) is 19.4 Å². The molecule has 0 radical (unpaired) electrons. The molecule has 1 saturated heterocycles. The number of nitrogens with zero attached hydrogens (tertiary/aromatic N) is 2. The number of hydrogen-bond acceptors (Lipinski definition) is 4. The summed E-state index contributed by atoms with van der Waals surface area (Å²) in [6.45, 7) is 5.64. The molecule has 1 aliphatic rings. The van der Waals surface area contributed by atoms with Crippen molar-refractivity contribution < 1.29 is 9.53 Å². The number of fused-ring (bicyclic) bond motifs is 1. The lowest BCUT2D eigenvalue weighted by molar-refractivity contribution is -0.0765. The number of hydrogen-bond donors (Lipinski definition) is 1. The minimum atomic E-state index is -0.323. The highest BCUT2D eigenvalue weighted by Crippen LogP contribution is 2.22. The van der Waals surface area contributed by atoms with Gasteiger partial charge in [-0.05, 0) is 25.3 Å². The second-order valence-corrected chi connectivity index (χ2v) is 5.95. The third kappa shape index (κ3) is 2.69. The molecule has 0 atom stereocenters. The van der Waals surface area contributed by atoms with Crippen LogP contribution in [0.5, 0.6) is 0 Å². The van der Waals surface area contributed by atoms with Crippen molar-refractivity contribution >= 4 is 22.5 Å². The van der Waals surface area contributed by atoms with E-state index in [1.165, 1.54) is 0 Å². The molecule has 1 aromatic carbocycles. The van der Waals surface area contributed by atoms with Crippen LogP contribution >= 0.6 is 0 Å². The maximum absolute atomic E-state index is 12.6. The number of pyridine rings is 1. The van der Waals surface area contributed by atoms with Gasteiger partial charge in [0.25, 0.3) is 5.91 Å². The molecular formula is C16H19N3O2. The molecule has 0 bridgehead atoms. The van der Waals surface area contributed by atoms with E-state index in [4.69, 9.17) is 10.5 Å². The first-order chi connectivity index (χ1) is 9.96. The first kappa shape index (κ1) is 13.8. The van der Waals surface area contributed by atoms with Gasteiger partial charge in [0.05, 0.1) is 12.2 Å². The van der Waals surface area contributed by atoms with Gasteiger partial charge < -0.3 is 15.4 Å². The molecule has 21 heavy (non-hydrogen) atoms. The highest BCUT2D eigenvalue weighted by atomic mass is 16.5. The normalized spacial score (nSPS) is 17.9. The minimum absolute atomic E-state index is 0.0937. The van der Waals surface area contributed by atoms with Gasteiger partial charge in [-0.15, -0.1) is 0 Å². The first-order valence-corrected chi connectivity index (χ1v) is 7.05. The highest BCUT2D eigenvalue weighted by Gasteiger charge is 2.31. The largest absolute Gasteiger partial charge is 0.383 e. The minimum Gasteiger partial charge on any atom is -0.383 e. The van der Waals surface area contributed by atoms with E-state index >= 15 is 0 Å². The molecular weight excluding hydrogens is 266 g/mol. The zero-order valence-corrected chi connectivity index (χ0v) is 12.3. The Morgan fingerprint density at radius 3 is 2.90 bits per heavy atom. The van der Waals surface area contributed by atoms with Gasteiger partial charge in [0.1, 0.15) is 11.5 Å². The van der Waals surface area contributed by atoms with Gasteiger partial charge in [0.15, 0.2) is 0 Å². The van der Waals surface area contributed by atoms with E-state index in [-0.39, 0.29) is 11.5 Å². The Bertz CT molecular complexity index is 697. The second kappa shape index (κ2) is 5.00. The second-order valence-electron chi connectivity index (χ2n) is 5.95. The van der Waals surface area contributed by atoms with Crippen molar-refractivity contribution in [2.24, 2.45) is 0 Å². The van der Waals surface area contributed by atoms with Crippen molar-refractivity contribution in [1.29, 1.82) is 0 Å². The van der Waals surface area contributed by atoms with Crippen LogP contribution in [-0.4, -0.2) is 41.1 Å². The molecule has 0 aliphatic carbocycles. The number of ether oxygens (including phenoxy) is 1. The van der Waals surface area contributed by atoms with Crippen molar-refractivity contribution in [3.63, 3.8) is 0 Å². The number of benzene rings is 1. The Balaban J connectivity index is 1.94. The van der Waals surface area contributed by atoms with Crippen LogP contribution in [0.2, 0.25) is 0 Å². The fourth-order valence-corrected chi connectivity index (χ4v) is 2.69. The number of nitrogen functional groups attached to an aromatic ring is 1. The average Bonchev–Trinajstić information content (AvgIpc) is 2.45. The number of nitrogens with two attached hydrogens (primary N) is 1. The Kier molecular flexibility index (Phi) is 3.29. The van der Waals surface area contributed by atoms with E-state index in [0.29, 0.717) is 31.2 Å². The van der Waals surface area contributed by atoms with Crippen LogP contribution in [0.25, 0.3) is 10.8 Å². The lowest BCUT2D eigenvalue weighted by Gasteiger charge is -2.38. The first-order valence-electron chi connectivity index (χ1n) is 7.05. The van der Waals surface area contributed by atoms with E-state index in [2.05, 4.69) is 4.98 Å². The molecule has 2 N–H and O–H groups in total. The van der Waals surface area contributed by atoms with Crippen molar-refractivity contribution in [2.75, 3.05) is 25.4 Å². The maximum Gasteiger partial charge on any atom is 0.272 e. The number of rotatable bonds is 1. The average molecular weight is 285 g/mol. The topological polar surface area (TPSA) is 68.5 Å². The van der Waals surface area contributed by atoms with Crippen LogP contribution in [0.4, 0.5) is 5.82 Å². The number of carbonyl (C=O) groups is 1. The Morgan fingerprint density at radius 2 is 2.14 bits per heavy atom. The van der Waals surface area contributed by atoms with Crippen LogP contribution in [0.1, 0.15) is 24.3 Å². The summed E-state index contributed by atoms with van der Waals surface area (Å²) in [6, 6.07) is 9.48. The van der Waals surface area contributed by atoms with Crippen LogP contribution in [-0.2, 0) is 4.74 Å². The summed E-state index contributed by atoms with van der Waals surface area (Å²) in [5.74, 6) is 0.299. The van der Waals surface area contributed by atoms with Gasteiger partial charge >= 0.3 is 0 Å². The molecule has 0 spiro atoms. The summed E-state index contributed by atoms with van der Waals surface area (Å²) >= 11 is 0. The van der Waals surface area contributed by atoms with Crippen LogP contribution in [0, 0.1) is 0 Å². The van der Waals surface area contributed by atoms with Crippen molar-refractivity contribution in [1.82, 2.24) is 9.88 Å². The van der Waals surface area contributed by atoms with E-state index in [1.54, 1.807) is 11.0 Å². The SMILES string of the molecule is CC1(C)CN(C(=O)c2cc3ccccc3c(N)n2)CCO1. The molecule has 2 aromatic rings. The van der Waals surface area contributed by atoms with Crippen LogP contribution in [0.15, 0.2) is 30.3 Å². The van der Waals surface area contributed by atoms with Gasteiger partial charge in [-0.1, -0.05) is 24.3 Å². The lowest BCUT2D eigenvalue weighted by atomic mass is 10.1. The van der Waals surface area contributed by atoms with Crippen LogP contribution < -0.4 is 5.73 Å². The maximum atomic E-state index is 12.6. The number of morpholine rings is 1. The summed E-state index contributed by atoms with van der Waals surface area (Å²) in [5.41, 5.74) is 6.04. The van der Waals surface area contributed by atoms with E-state index in [0.717, 1.165) is 10.8 Å². The van der Waals surface area contributed by atoms with Crippen LogP contribution in [0.3, 0.4) is 0 Å². The molecule has 110 valence electrons. The highest BCUT2D eigenvalue weighted by molar-refractivity contribution is 5.99. The summed E-state index contributed by atoms with van der Waals surface area (Å²) in [5, 5.41) is 1.80. The summed E-state index contributed by atoms with van der Waals surface area (Å²) < 4.78 is 5.64. The van der Waals surface area contributed by atoms with Gasteiger partial charge in [0, 0.05) is 18.5 Å². The van der Waals surface area contributed by atoms with Gasteiger partial charge in [0.2, 0.25) is 0 Å². The van der Waals surface area contributed by atoms with Gasteiger partial charge in [-0.3, -0.25) is 4.79 Å². The smallest absolute Gasteiger partial charge is 0.272 e. The number of aromatic nitrogens is 1. The number of anilines is 1. The zero-order valence-electron chi connectivity index (χ0n) is 12.3. The molecule has 3 rings (SSSR count). The Labute approximate surface area is 123 Å². The van der Waals surface area contributed by atoms with Gasteiger partial charge in [-0.25, -0.2) is 4.98 Å². The number of carbonyl (C=O) groups excluding carboxylic acids is 1. The summed E-state index contributed by atoms with van der Waals surface area (Å²) in [4.78, 5) is 18.7. The summed E-state index contributed by atoms with van der Waals surface area (Å²) in [7, 11) is 0. The predicted octanol–water partition coefficient (Wildman–Crippen LogP) is 2.07. The number of amides is 1. The third-order valence-corrected chi connectivity index (χ3v) is 3.70. The molecule has 0 saturated carbocycles.